The molecule has 0 aliphatic carbocycles. The first-order valence-corrected chi connectivity index (χ1v) is 7.84. The summed E-state index contributed by atoms with van der Waals surface area (Å²) >= 11 is 0. The largest absolute Gasteiger partial charge is 0.354 e. The number of fused-ring (bicyclic) bond motifs is 1. The first-order valence-electron chi connectivity index (χ1n) is 7.84. The normalized spacial score (nSPS) is 14.7. The molecular formula is C17H20N4O2. The topological polar surface area (TPSA) is 78.1 Å². The van der Waals surface area contributed by atoms with E-state index in [1.165, 1.54) is 0 Å². The molecule has 1 atom stereocenters. The highest BCUT2D eigenvalue weighted by atomic mass is 16.2. The Balaban J connectivity index is 1.61. The van der Waals surface area contributed by atoms with Crippen LogP contribution in [-0.4, -0.2) is 39.3 Å². The van der Waals surface area contributed by atoms with Crippen LogP contribution in [0.1, 0.15) is 35.0 Å². The Kier molecular flexibility index (Phi) is 4.41. The molecule has 0 radical (unpaired) electrons. The minimum atomic E-state index is -0.434. The van der Waals surface area contributed by atoms with Gasteiger partial charge in [0.1, 0.15) is 6.04 Å². The molecule has 2 aromatic rings. The number of aromatic nitrogens is 2. The molecule has 0 spiro atoms. The van der Waals surface area contributed by atoms with Crippen molar-refractivity contribution < 1.29 is 9.59 Å². The van der Waals surface area contributed by atoms with Crippen LogP contribution in [0.3, 0.4) is 0 Å². The van der Waals surface area contributed by atoms with Gasteiger partial charge in [-0.15, -0.1) is 0 Å². The van der Waals surface area contributed by atoms with E-state index < -0.39 is 6.04 Å². The molecule has 1 unspecified atom stereocenters. The summed E-state index contributed by atoms with van der Waals surface area (Å²) in [6.45, 7) is 2.95. The highest BCUT2D eigenvalue weighted by molar-refractivity contribution is 6.01. The lowest BCUT2D eigenvalue weighted by atomic mass is 10.1. The molecule has 1 aliphatic rings. The van der Waals surface area contributed by atoms with Gasteiger partial charge in [-0.3, -0.25) is 9.59 Å². The molecule has 0 saturated heterocycles. The van der Waals surface area contributed by atoms with Gasteiger partial charge in [0.15, 0.2) is 0 Å². The Bertz CT molecular complexity index is 696. The Morgan fingerprint density at radius 1 is 1.43 bits per heavy atom. The molecule has 0 saturated carbocycles. The molecule has 2 heterocycles. The van der Waals surface area contributed by atoms with Crippen molar-refractivity contribution in [1.29, 1.82) is 0 Å². The number of aromatic amines is 1. The molecule has 2 amide bonds. The number of H-pyrrole nitrogens is 1. The number of hydrogen-bond acceptors (Lipinski definition) is 3. The van der Waals surface area contributed by atoms with Crippen LogP contribution >= 0.6 is 0 Å². The van der Waals surface area contributed by atoms with Crippen LogP contribution in [0.25, 0.3) is 0 Å². The van der Waals surface area contributed by atoms with Crippen molar-refractivity contribution in [3.63, 3.8) is 0 Å². The van der Waals surface area contributed by atoms with E-state index in [9.17, 15) is 9.59 Å². The fraction of sp³-hybridized carbons (Fsp3) is 0.353. The summed E-state index contributed by atoms with van der Waals surface area (Å²) < 4.78 is 0. The van der Waals surface area contributed by atoms with Crippen LogP contribution in [0.2, 0.25) is 0 Å². The summed E-state index contributed by atoms with van der Waals surface area (Å²) in [7, 11) is 0. The van der Waals surface area contributed by atoms with Crippen molar-refractivity contribution in [3.8, 4) is 0 Å². The molecule has 120 valence electrons. The van der Waals surface area contributed by atoms with Crippen LogP contribution in [0, 0.1) is 0 Å². The lowest BCUT2D eigenvalue weighted by molar-refractivity contribution is -0.125. The molecule has 1 aliphatic heterocycles. The highest BCUT2D eigenvalue weighted by Crippen LogP contribution is 2.25. The summed E-state index contributed by atoms with van der Waals surface area (Å²) in [4.78, 5) is 33.6. The average molecular weight is 312 g/mol. The predicted molar refractivity (Wildman–Crippen MR) is 85.7 cm³/mol. The Labute approximate surface area is 134 Å². The second-order valence-electron chi connectivity index (χ2n) is 5.63. The van der Waals surface area contributed by atoms with Crippen LogP contribution in [-0.2, 0) is 17.8 Å². The minimum Gasteiger partial charge on any atom is -0.354 e. The van der Waals surface area contributed by atoms with Crippen LogP contribution in [0.4, 0.5) is 0 Å². The van der Waals surface area contributed by atoms with Crippen LogP contribution in [0.15, 0.2) is 36.8 Å². The molecule has 0 bridgehead atoms. The molecule has 2 N–H and O–H groups in total. The maximum atomic E-state index is 12.5. The summed E-state index contributed by atoms with van der Waals surface area (Å²) in [6.07, 6.45) is 4.64. The van der Waals surface area contributed by atoms with E-state index in [-0.39, 0.29) is 11.8 Å². The maximum Gasteiger partial charge on any atom is 0.255 e. The van der Waals surface area contributed by atoms with E-state index in [2.05, 4.69) is 15.3 Å². The van der Waals surface area contributed by atoms with Crippen molar-refractivity contribution in [3.05, 3.63) is 53.6 Å². The Morgan fingerprint density at radius 2 is 2.26 bits per heavy atom. The van der Waals surface area contributed by atoms with E-state index in [4.69, 9.17) is 0 Å². The molecule has 23 heavy (non-hydrogen) atoms. The standard InChI is InChI=1S/C17H20N4O2/c1-2-15(16(22)19-8-7-13-9-18-11-20-13)21-10-12-5-3-4-6-14(12)17(21)23/h3-6,9,11,15H,2,7-8,10H2,1H3,(H,18,20)(H,19,22). The maximum absolute atomic E-state index is 12.5. The van der Waals surface area contributed by atoms with Gasteiger partial charge in [-0.25, -0.2) is 4.98 Å². The first kappa shape index (κ1) is 15.3. The van der Waals surface area contributed by atoms with Gasteiger partial charge in [0.2, 0.25) is 5.91 Å². The van der Waals surface area contributed by atoms with Crippen LogP contribution < -0.4 is 5.32 Å². The van der Waals surface area contributed by atoms with Crippen molar-refractivity contribution in [2.24, 2.45) is 0 Å². The molecule has 1 aromatic carbocycles. The van der Waals surface area contributed by atoms with E-state index in [0.29, 0.717) is 31.5 Å². The summed E-state index contributed by atoms with van der Waals surface area (Å²) in [5.41, 5.74) is 2.67. The van der Waals surface area contributed by atoms with Gasteiger partial charge in [0.05, 0.1) is 6.33 Å². The van der Waals surface area contributed by atoms with Gasteiger partial charge in [-0.05, 0) is 18.1 Å². The van der Waals surface area contributed by atoms with Gasteiger partial charge >= 0.3 is 0 Å². The number of carbonyl (C=O) groups is 2. The van der Waals surface area contributed by atoms with E-state index in [1.54, 1.807) is 17.4 Å². The number of hydrogen-bond donors (Lipinski definition) is 2. The van der Waals surface area contributed by atoms with Gasteiger partial charge in [0, 0.05) is 37.0 Å². The number of rotatable bonds is 6. The third-order valence-corrected chi connectivity index (χ3v) is 4.16. The van der Waals surface area contributed by atoms with Crippen molar-refractivity contribution in [2.45, 2.75) is 32.4 Å². The molecular weight excluding hydrogens is 292 g/mol. The smallest absolute Gasteiger partial charge is 0.255 e. The molecule has 1 aromatic heterocycles. The average Bonchev–Trinajstić information content (AvgIpc) is 3.18. The van der Waals surface area contributed by atoms with Gasteiger partial charge in [-0.1, -0.05) is 25.1 Å². The third-order valence-electron chi connectivity index (χ3n) is 4.16. The number of nitrogens with one attached hydrogen (secondary N) is 2. The molecule has 3 rings (SSSR count). The van der Waals surface area contributed by atoms with Gasteiger partial charge < -0.3 is 15.2 Å². The number of nitrogens with zero attached hydrogens (tertiary/aromatic N) is 2. The van der Waals surface area contributed by atoms with Crippen molar-refractivity contribution >= 4 is 11.8 Å². The SMILES string of the molecule is CCC(C(=O)NCCc1cnc[nH]1)N1Cc2ccccc2C1=O. The van der Waals surface area contributed by atoms with Crippen LogP contribution in [0.5, 0.6) is 0 Å². The van der Waals surface area contributed by atoms with E-state index in [0.717, 1.165) is 11.3 Å². The lowest BCUT2D eigenvalue weighted by Gasteiger charge is -2.25. The van der Waals surface area contributed by atoms with Crippen molar-refractivity contribution in [2.75, 3.05) is 6.54 Å². The zero-order valence-corrected chi connectivity index (χ0v) is 13.1. The third kappa shape index (κ3) is 3.11. The van der Waals surface area contributed by atoms with Crippen molar-refractivity contribution in [1.82, 2.24) is 20.2 Å². The fourth-order valence-electron chi connectivity index (χ4n) is 2.94. The summed E-state index contributed by atoms with van der Waals surface area (Å²) in [5.74, 6) is -0.163. The summed E-state index contributed by atoms with van der Waals surface area (Å²) in [5, 5.41) is 2.92. The number of imidazole rings is 1. The lowest BCUT2D eigenvalue weighted by Crippen LogP contribution is -2.47. The van der Waals surface area contributed by atoms with Gasteiger partial charge in [-0.2, -0.15) is 0 Å². The van der Waals surface area contributed by atoms with E-state index in [1.807, 2.05) is 31.2 Å². The molecule has 6 heteroatoms. The number of carbonyl (C=O) groups excluding carboxylic acids is 2. The Hall–Kier alpha value is -2.63. The zero-order chi connectivity index (χ0) is 16.2. The predicted octanol–water partition coefficient (Wildman–Crippen LogP) is 1.50. The summed E-state index contributed by atoms with van der Waals surface area (Å²) in [6, 6.07) is 7.10. The zero-order valence-electron chi connectivity index (χ0n) is 13.1. The molecule has 6 nitrogen and oxygen atoms in total. The fourth-order valence-corrected chi connectivity index (χ4v) is 2.94. The second-order valence-corrected chi connectivity index (χ2v) is 5.63. The highest BCUT2D eigenvalue weighted by Gasteiger charge is 2.34. The first-order chi connectivity index (χ1) is 11.2. The quantitative estimate of drug-likeness (QED) is 0.848. The second kappa shape index (κ2) is 6.64. The number of benzene rings is 1. The van der Waals surface area contributed by atoms with E-state index >= 15 is 0 Å². The molecule has 0 fully saturated rings. The van der Waals surface area contributed by atoms with Gasteiger partial charge in [0.25, 0.3) is 5.91 Å². The number of amides is 2. The monoisotopic (exact) mass is 312 g/mol. The minimum absolute atomic E-state index is 0.0591. The Morgan fingerprint density at radius 3 is 2.96 bits per heavy atom.